The van der Waals surface area contributed by atoms with Crippen molar-refractivity contribution in [2.45, 2.75) is 123 Å². The van der Waals surface area contributed by atoms with Gasteiger partial charge in [-0.3, -0.25) is 4.79 Å². The molecule has 0 aromatic rings. The van der Waals surface area contributed by atoms with E-state index in [1.807, 2.05) is 0 Å². The number of esters is 1. The van der Waals surface area contributed by atoms with Crippen LogP contribution in [-0.4, -0.2) is 39.0 Å². The van der Waals surface area contributed by atoms with Crippen LogP contribution in [0.3, 0.4) is 0 Å². The first-order valence-corrected chi connectivity index (χ1v) is 12.6. The fraction of sp³-hybridized carbons (Fsp3) is 0.960. The number of hydrogen-bond acceptors (Lipinski definition) is 4. The molecule has 0 aromatic heterocycles. The van der Waals surface area contributed by atoms with Gasteiger partial charge in [0.1, 0.15) is 0 Å². The zero-order valence-electron chi connectivity index (χ0n) is 19.7. The van der Waals surface area contributed by atoms with Crippen LogP contribution in [0.2, 0.25) is 0 Å². The topological polar surface area (TPSA) is 44.8 Å². The van der Waals surface area contributed by atoms with E-state index in [2.05, 4.69) is 13.8 Å². The summed E-state index contributed by atoms with van der Waals surface area (Å²) in [5, 5.41) is 0. The van der Waals surface area contributed by atoms with Gasteiger partial charge in [0.05, 0.1) is 19.8 Å². The molecule has 0 spiro atoms. The number of ether oxygens (including phenoxy) is 3. The van der Waals surface area contributed by atoms with Gasteiger partial charge in [0.15, 0.2) is 0 Å². The number of carbonyl (C=O) groups excluding carboxylic acids is 1. The van der Waals surface area contributed by atoms with Gasteiger partial charge >= 0.3 is 5.97 Å². The molecule has 0 bridgehead atoms. The standard InChI is InChI=1S/C25H50O4/c1-3-5-7-9-11-12-13-14-16-20-27-23-24-28-21-18-19-25(26)29-22-17-15-10-8-6-4-2/h3-24H2,1-2H3. The molecule has 0 fully saturated rings. The maximum atomic E-state index is 11.6. The summed E-state index contributed by atoms with van der Waals surface area (Å²) in [6, 6.07) is 0. The monoisotopic (exact) mass is 414 g/mol. The largest absolute Gasteiger partial charge is 0.466 e. The fourth-order valence-corrected chi connectivity index (χ4v) is 3.30. The van der Waals surface area contributed by atoms with Crippen LogP contribution in [0.25, 0.3) is 0 Å². The minimum absolute atomic E-state index is 0.0937. The van der Waals surface area contributed by atoms with Gasteiger partial charge in [0.25, 0.3) is 0 Å². The molecule has 0 unspecified atom stereocenters. The first-order valence-electron chi connectivity index (χ1n) is 12.6. The predicted molar refractivity (Wildman–Crippen MR) is 122 cm³/mol. The Kier molecular flexibility index (Phi) is 24.9. The van der Waals surface area contributed by atoms with Crippen LogP contribution in [0.4, 0.5) is 0 Å². The molecule has 4 nitrogen and oxygen atoms in total. The van der Waals surface area contributed by atoms with Crippen molar-refractivity contribution in [3.63, 3.8) is 0 Å². The molecule has 0 heterocycles. The van der Waals surface area contributed by atoms with Crippen LogP contribution >= 0.6 is 0 Å². The molecule has 0 amide bonds. The molecule has 29 heavy (non-hydrogen) atoms. The van der Waals surface area contributed by atoms with Gasteiger partial charge in [-0.15, -0.1) is 0 Å². The first kappa shape index (κ1) is 28.4. The highest BCUT2D eigenvalue weighted by Gasteiger charge is 2.02. The lowest BCUT2D eigenvalue weighted by Crippen LogP contribution is -2.09. The molecule has 0 aliphatic heterocycles. The van der Waals surface area contributed by atoms with E-state index >= 15 is 0 Å². The molecule has 0 rings (SSSR count). The van der Waals surface area contributed by atoms with Crippen LogP contribution in [0.5, 0.6) is 0 Å². The summed E-state index contributed by atoms with van der Waals surface area (Å²) in [6.45, 7) is 7.76. The maximum absolute atomic E-state index is 11.6. The Labute approximate surface area is 181 Å². The van der Waals surface area contributed by atoms with Gasteiger partial charge < -0.3 is 14.2 Å². The van der Waals surface area contributed by atoms with Crippen LogP contribution in [0.1, 0.15) is 123 Å². The van der Waals surface area contributed by atoms with Crippen molar-refractivity contribution in [2.75, 3.05) is 33.0 Å². The molecule has 0 atom stereocenters. The third kappa shape index (κ3) is 25.4. The summed E-state index contributed by atoms with van der Waals surface area (Å²) in [4.78, 5) is 11.6. The fourth-order valence-electron chi connectivity index (χ4n) is 3.30. The van der Waals surface area contributed by atoms with Gasteiger partial charge in [-0.05, 0) is 19.3 Å². The summed E-state index contributed by atoms with van der Waals surface area (Å²) >= 11 is 0. The second-order valence-corrected chi connectivity index (χ2v) is 8.14. The molecule has 0 radical (unpaired) electrons. The van der Waals surface area contributed by atoms with Crippen molar-refractivity contribution in [1.29, 1.82) is 0 Å². The quantitative estimate of drug-likeness (QED) is 0.123. The van der Waals surface area contributed by atoms with Crippen molar-refractivity contribution in [3.8, 4) is 0 Å². The van der Waals surface area contributed by atoms with Crippen molar-refractivity contribution in [3.05, 3.63) is 0 Å². The van der Waals surface area contributed by atoms with Crippen LogP contribution in [0, 0.1) is 0 Å². The third-order valence-corrected chi connectivity index (χ3v) is 5.19. The lowest BCUT2D eigenvalue weighted by molar-refractivity contribution is -0.144. The van der Waals surface area contributed by atoms with Crippen molar-refractivity contribution in [2.24, 2.45) is 0 Å². The van der Waals surface area contributed by atoms with Gasteiger partial charge in [0.2, 0.25) is 0 Å². The maximum Gasteiger partial charge on any atom is 0.305 e. The van der Waals surface area contributed by atoms with Crippen molar-refractivity contribution >= 4 is 5.97 Å². The molecule has 0 saturated heterocycles. The molecular weight excluding hydrogens is 364 g/mol. The van der Waals surface area contributed by atoms with E-state index < -0.39 is 0 Å². The third-order valence-electron chi connectivity index (χ3n) is 5.19. The Morgan fingerprint density at radius 3 is 1.41 bits per heavy atom. The minimum Gasteiger partial charge on any atom is -0.466 e. The smallest absolute Gasteiger partial charge is 0.305 e. The van der Waals surface area contributed by atoms with Crippen LogP contribution < -0.4 is 0 Å². The van der Waals surface area contributed by atoms with E-state index in [1.54, 1.807) is 0 Å². The highest BCUT2D eigenvalue weighted by atomic mass is 16.5. The van der Waals surface area contributed by atoms with E-state index in [0.29, 0.717) is 32.8 Å². The van der Waals surface area contributed by atoms with Gasteiger partial charge in [-0.2, -0.15) is 0 Å². The molecule has 174 valence electrons. The zero-order chi connectivity index (χ0) is 21.3. The highest BCUT2D eigenvalue weighted by Crippen LogP contribution is 2.09. The molecule has 4 heteroatoms. The predicted octanol–water partition coefficient (Wildman–Crippen LogP) is 7.23. The summed E-state index contributed by atoms with van der Waals surface area (Å²) < 4.78 is 16.4. The normalized spacial score (nSPS) is 11.1. The molecule has 0 saturated carbocycles. The molecule has 0 aliphatic carbocycles. The Bertz CT molecular complexity index is 320. The van der Waals surface area contributed by atoms with E-state index in [1.165, 1.54) is 77.0 Å². The van der Waals surface area contributed by atoms with Crippen LogP contribution in [0.15, 0.2) is 0 Å². The Hall–Kier alpha value is -0.610. The van der Waals surface area contributed by atoms with E-state index in [0.717, 1.165) is 32.3 Å². The average Bonchev–Trinajstić information content (AvgIpc) is 2.72. The molecular formula is C25H50O4. The van der Waals surface area contributed by atoms with Gasteiger partial charge in [-0.1, -0.05) is 97.3 Å². The molecule has 0 aliphatic rings. The summed E-state index contributed by atoms with van der Waals surface area (Å²) in [7, 11) is 0. The summed E-state index contributed by atoms with van der Waals surface area (Å²) in [6.07, 6.45) is 20.5. The summed E-state index contributed by atoms with van der Waals surface area (Å²) in [5.74, 6) is -0.0937. The zero-order valence-corrected chi connectivity index (χ0v) is 19.7. The molecule has 0 aromatic carbocycles. The minimum atomic E-state index is -0.0937. The number of hydrogen-bond donors (Lipinski definition) is 0. The highest BCUT2D eigenvalue weighted by molar-refractivity contribution is 5.69. The van der Waals surface area contributed by atoms with Crippen molar-refractivity contribution in [1.82, 2.24) is 0 Å². The lowest BCUT2D eigenvalue weighted by atomic mass is 10.1. The SMILES string of the molecule is CCCCCCCCCCCOCCOCCCC(=O)OCCCCCCCC. The van der Waals surface area contributed by atoms with Crippen LogP contribution in [-0.2, 0) is 19.0 Å². The number of carbonyl (C=O) groups is 1. The molecule has 0 N–H and O–H groups in total. The lowest BCUT2D eigenvalue weighted by Gasteiger charge is -2.07. The van der Waals surface area contributed by atoms with E-state index in [4.69, 9.17) is 14.2 Å². The van der Waals surface area contributed by atoms with Gasteiger partial charge in [-0.25, -0.2) is 0 Å². The first-order chi connectivity index (χ1) is 14.3. The van der Waals surface area contributed by atoms with E-state index in [-0.39, 0.29) is 5.97 Å². The Morgan fingerprint density at radius 2 is 0.897 bits per heavy atom. The second kappa shape index (κ2) is 25.4. The second-order valence-electron chi connectivity index (χ2n) is 8.14. The number of unbranched alkanes of at least 4 members (excludes halogenated alkanes) is 13. The number of rotatable bonds is 24. The van der Waals surface area contributed by atoms with Crippen molar-refractivity contribution < 1.29 is 19.0 Å². The Balaban J connectivity index is 3.11. The summed E-state index contributed by atoms with van der Waals surface area (Å²) in [5.41, 5.74) is 0. The average molecular weight is 415 g/mol. The van der Waals surface area contributed by atoms with E-state index in [9.17, 15) is 4.79 Å². The van der Waals surface area contributed by atoms with Gasteiger partial charge in [0, 0.05) is 19.6 Å². The Morgan fingerprint density at radius 1 is 0.483 bits per heavy atom.